The topological polar surface area (TPSA) is 105 Å². The Kier molecular flexibility index (Phi) is 4.27. The van der Waals surface area contributed by atoms with Crippen LogP contribution in [0.2, 0.25) is 0 Å². The van der Waals surface area contributed by atoms with Crippen molar-refractivity contribution in [3.63, 3.8) is 0 Å². The molecule has 2 aliphatic rings. The van der Waals surface area contributed by atoms with Gasteiger partial charge < -0.3 is 19.2 Å². The molecule has 3 aromatic rings. The Morgan fingerprint density at radius 1 is 1.07 bits per heavy atom. The maximum absolute atomic E-state index is 13.1. The zero-order chi connectivity index (χ0) is 20.7. The van der Waals surface area contributed by atoms with Crippen LogP contribution in [0.25, 0.3) is 5.52 Å². The molecule has 30 heavy (non-hydrogen) atoms. The van der Waals surface area contributed by atoms with Gasteiger partial charge in [-0.2, -0.15) is 0 Å². The van der Waals surface area contributed by atoms with Crippen molar-refractivity contribution in [2.24, 2.45) is 0 Å². The maximum atomic E-state index is 13.1. The van der Waals surface area contributed by atoms with Crippen molar-refractivity contribution in [2.75, 3.05) is 24.5 Å². The lowest BCUT2D eigenvalue weighted by atomic mass is 9.87. The molecular formula is C20H21N7O3. The van der Waals surface area contributed by atoms with E-state index in [1.54, 1.807) is 37.1 Å². The number of nitrogens with one attached hydrogen (secondary N) is 1. The first-order valence-corrected chi connectivity index (χ1v) is 9.89. The molecule has 2 saturated heterocycles. The molecule has 0 aliphatic carbocycles. The number of rotatable bonds is 4. The van der Waals surface area contributed by atoms with Crippen LogP contribution in [0.1, 0.15) is 12.8 Å². The number of imide groups is 1. The molecule has 10 nitrogen and oxygen atoms in total. The minimum absolute atomic E-state index is 0.158. The average molecular weight is 407 g/mol. The number of aromatic nitrogens is 4. The fourth-order valence-corrected chi connectivity index (χ4v) is 4.25. The van der Waals surface area contributed by atoms with Gasteiger partial charge in [-0.05, 0) is 18.9 Å². The number of nitrogens with zero attached hydrogens (tertiary/aromatic N) is 6. The van der Waals surface area contributed by atoms with Gasteiger partial charge >= 0.3 is 6.03 Å². The molecule has 5 heterocycles. The summed E-state index contributed by atoms with van der Waals surface area (Å²) in [6.45, 7) is 1.62. The van der Waals surface area contributed by atoms with E-state index in [1.165, 1.54) is 15.5 Å². The van der Waals surface area contributed by atoms with Gasteiger partial charge in [0.25, 0.3) is 11.5 Å². The average Bonchev–Trinajstić information content (AvgIpc) is 3.32. The zero-order valence-corrected chi connectivity index (χ0v) is 16.3. The molecule has 154 valence electrons. The lowest BCUT2D eigenvalue weighted by Crippen LogP contribution is -2.55. The molecule has 5 rings (SSSR count). The molecule has 10 heteroatoms. The molecule has 2 fully saturated rings. The summed E-state index contributed by atoms with van der Waals surface area (Å²) in [4.78, 5) is 49.5. The Hall–Kier alpha value is -3.69. The van der Waals surface area contributed by atoms with E-state index in [0.717, 1.165) is 11.3 Å². The fourth-order valence-electron chi connectivity index (χ4n) is 4.25. The predicted octanol–water partition coefficient (Wildman–Crippen LogP) is 0.482. The van der Waals surface area contributed by atoms with Gasteiger partial charge in [-0.15, -0.1) is 0 Å². The van der Waals surface area contributed by atoms with Gasteiger partial charge in [0, 0.05) is 50.8 Å². The molecule has 0 radical (unpaired) electrons. The molecule has 0 saturated carbocycles. The largest absolute Gasteiger partial charge is 0.355 e. The van der Waals surface area contributed by atoms with Crippen molar-refractivity contribution in [1.82, 2.24) is 29.2 Å². The third-order valence-electron chi connectivity index (χ3n) is 5.95. The van der Waals surface area contributed by atoms with Gasteiger partial charge in [-0.1, -0.05) is 6.07 Å². The van der Waals surface area contributed by atoms with E-state index < -0.39 is 11.6 Å². The zero-order valence-electron chi connectivity index (χ0n) is 16.3. The number of pyridine rings is 1. The number of imidazole rings is 1. The normalized spacial score (nSPS) is 18.4. The fraction of sp³-hybridized carbons (Fsp3) is 0.350. The lowest BCUT2D eigenvalue weighted by molar-refractivity contribution is -0.132. The van der Waals surface area contributed by atoms with Gasteiger partial charge in [-0.25, -0.2) is 14.8 Å². The second-order valence-electron chi connectivity index (χ2n) is 7.63. The van der Waals surface area contributed by atoms with E-state index in [2.05, 4.69) is 20.2 Å². The van der Waals surface area contributed by atoms with Gasteiger partial charge in [0.1, 0.15) is 11.1 Å². The SMILES string of the molecule is O=C1NC2(CCN(c3nccn4cncc34)CC2)C(=O)N1CCn1ccccc1=O. The van der Waals surface area contributed by atoms with Crippen LogP contribution in [0.5, 0.6) is 0 Å². The number of anilines is 1. The second kappa shape index (κ2) is 6.97. The summed E-state index contributed by atoms with van der Waals surface area (Å²) in [6.07, 6.45) is 9.70. The summed E-state index contributed by atoms with van der Waals surface area (Å²) in [6, 6.07) is 4.47. The third kappa shape index (κ3) is 2.92. The molecular weight excluding hydrogens is 386 g/mol. The first-order valence-electron chi connectivity index (χ1n) is 9.89. The van der Waals surface area contributed by atoms with E-state index in [4.69, 9.17) is 0 Å². The van der Waals surface area contributed by atoms with Gasteiger partial charge in [0.2, 0.25) is 0 Å². The molecule has 2 aliphatic heterocycles. The van der Waals surface area contributed by atoms with Crippen LogP contribution >= 0.6 is 0 Å². The van der Waals surface area contributed by atoms with Gasteiger partial charge in [0.15, 0.2) is 5.82 Å². The lowest BCUT2D eigenvalue weighted by Gasteiger charge is -2.38. The summed E-state index contributed by atoms with van der Waals surface area (Å²) < 4.78 is 3.40. The molecule has 0 aromatic carbocycles. The number of carbonyl (C=O) groups is 2. The van der Waals surface area contributed by atoms with Crippen LogP contribution in [-0.4, -0.2) is 60.9 Å². The van der Waals surface area contributed by atoms with Crippen molar-refractivity contribution in [3.8, 4) is 0 Å². The predicted molar refractivity (Wildman–Crippen MR) is 108 cm³/mol. The Morgan fingerprint density at radius 3 is 2.70 bits per heavy atom. The van der Waals surface area contributed by atoms with E-state index in [1.807, 2.05) is 10.6 Å². The number of carbonyl (C=O) groups excluding carboxylic acids is 2. The minimum Gasteiger partial charge on any atom is -0.355 e. The van der Waals surface area contributed by atoms with Gasteiger partial charge in [-0.3, -0.25) is 14.5 Å². The van der Waals surface area contributed by atoms with E-state index >= 15 is 0 Å². The smallest absolute Gasteiger partial charge is 0.325 e. The number of hydrogen-bond acceptors (Lipinski definition) is 6. The third-order valence-corrected chi connectivity index (χ3v) is 5.95. The molecule has 1 N–H and O–H groups in total. The monoisotopic (exact) mass is 407 g/mol. The molecule has 0 atom stereocenters. The standard InChI is InChI=1S/C20H21N7O3/c28-16-3-1-2-7-24(16)11-12-27-18(29)20(23-19(27)30)4-8-25(9-5-20)17-15-13-21-14-26(15)10-6-22-17/h1-3,6-7,10,13-14H,4-5,8-9,11-12H2,(H,23,30). The number of piperidine rings is 1. The number of hydrogen-bond donors (Lipinski definition) is 1. The molecule has 0 unspecified atom stereocenters. The van der Waals surface area contributed by atoms with Crippen LogP contribution in [0, 0.1) is 0 Å². The number of amides is 3. The Balaban J connectivity index is 1.29. The Bertz CT molecular complexity index is 1180. The van der Waals surface area contributed by atoms with Crippen LogP contribution < -0.4 is 15.8 Å². The number of fused-ring (bicyclic) bond motifs is 1. The molecule has 1 spiro atoms. The summed E-state index contributed by atoms with van der Waals surface area (Å²) in [5.41, 5.74) is -0.139. The number of urea groups is 1. The first-order chi connectivity index (χ1) is 14.6. The van der Waals surface area contributed by atoms with Crippen molar-refractivity contribution in [2.45, 2.75) is 24.9 Å². The van der Waals surface area contributed by atoms with Crippen molar-refractivity contribution in [1.29, 1.82) is 0 Å². The molecule has 0 bridgehead atoms. The van der Waals surface area contributed by atoms with Crippen LogP contribution in [0.15, 0.2) is 54.1 Å². The first kappa shape index (κ1) is 18.3. The summed E-state index contributed by atoms with van der Waals surface area (Å²) in [5.74, 6) is 0.605. The second-order valence-corrected chi connectivity index (χ2v) is 7.63. The molecule has 3 aromatic heterocycles. The summed E-state index contributed by atoms with van der Waals surface area (Å²) >= 11 is 0. The van der Waals surface area contributed by atoms with E-state index in [0.29, 0.717) is 25.9 Å². The Morgan fingerprint density at radius 2 is 1.90 bits per heavy atom. The highest BCUT2D eigenvalue weighted by Gasteiger charge is 2.52. The maximum Gasteiger partial charge on any atom is 0.325 e. The van der Waals surface area contributed by atoms with E-state index in [-0.39, 0.29) is 24.6 Å². The van der Waals surface area contributed by atoms with E-state index in [9.17, 15) is 14.4 Å². The summed E-state index contributed by atoms with van der Waals surface area (Å²) in [5, 5.41) is 2.91. The van der Waals surface area contributed by atoms with Crippen LogP contribution in [-0.2, 0) is 11.3 Å². The van der Waals surface area contributed by atoms with Crippen molar-refractivity contribution < 1.29 is 9.59 Å². The quantitative estimate of drug-likeness (QED) is 0.631. The highest BCUT2D eigenvalue weighted by Crippen LogP contribution is 2.32. The van der Waals surface area contributed by atoms with Crippen LogP contribution in [0.4, 0.5) is 10.6 Å². The van der Waals surface area contributed by atoms with Gasteiger partial charge in [0.05, 0.1) is 12.5 Å². The summed E-state index contributed by atoms with van der Waals surface area (Å²) in [7, 11) is 0. The molecule has 3 amide bonds. The Labute approximate surface area is 171 Å². The highest BCUT2D eigenvalue weighted by molar-refractivity contribution is 6.07. The minimum atomic E-state index is -0.888. The van der Waals surface area contributed by atoms with Crippen LogP contribution in [0.3, 0.4) is 0 Å². The van der Waals surface area contributed by atoms with Crippen molar-refractivity contribution in [3.05, 3.63) is 59.7 Å². The van der Waals surface area contributed by atoms with Crippen molar-refractivity contribution >= 4 is 23.3 Å². The highest BCUT2D eigenvalue weighted by atomic mass is 16.2.